The molecule has 0 unspecified atom stereocenters. The first-order chi connectivity index (χ1) is 15.5. The Balaban J connectivity index is 1.29. The molecular formula is C25H17ClFN3O2. The molecule has 5 nitrogen and oxygen atoms in total. The number of nitrogens with zero attached hydrogens (tertiary/aromatic N) is 2. The lowest BCUT2D eigenvalue weighted by atomic mass is 10.1. The summed E-state index contributed by atoms with van der Waals surface area (Å²) in [6.07, 6.45) is 3.53. The maximum atomic E-state index is 13.5. The molecule has 32 heavy (non-hydrogen) atoms. The second kappa shape index (κ2) is 8.32. The van der Waals surface area contributed by atoms with Crippen molar-refractivity contribution in [2.45, 2.75) is 6.54 Å². The van der Waals surface area contributed by atoms with E-state index in [0.717, 1.165) is 27.4 Å². The Bertz CT molecular complexity index is 1490. The number of rotatable bonds is 5. The van der Waals surface area contributed by atoms with Crippen LogP contribution >= 0.6 is 11.6 Å². The van der Waals surface area contributed by atoms with Crippen LogP contribution in [0.5, 0.6) is 0 Å². The number of fused-ring (bicyclic) bond motifs is 2. The molecule has 0 aliphatic carbocycles. The van der Waals surface area contributed by atoms with Crippen LogP contribution in [0.15, 0.2) is 88.5 Å². The minimum Gasteiger partial charge on any atom is -0.451 e. The Morgan fingerprint density at radius 3 is 2.84 bits per heavy atom. The van der Waals surface area contributed by atoms with Crippen LogP contribution in [-0.4, -0.2) is 16.7 Å². The van der Waals surface area contributed by atoms with E-state index in [0.29, 0.717) is 17.2 Å². The zero-order valence-corrected chi connectivity index (χ0v) is 17.5. The molecule has 3 aromatic carbocycles. The highest BCUT2D eigenvalue weighted by Gasteiger charge is 2.11. The van der Waals surface area contributed by atoms with Gasteiger partial charge in [0.05, 0.1) is 6.21 Å². The van der Waals surface area contributed by atoms with E-state index in [2.05, 4.69) is 15.1 Å². The molecule has 0 spiro atoms. The topological polar surface area (TPSA) is 59.5 Å². The van der Waals surface area contributed by atoms with Gasteiger partial charge in [0, 0.05) is 34.1 Å². The minimum absolute atomic E-state index is 0.157. The molecule has 0 radical (unpaired) electrons. The second-order valence-corrected chi connectivity index (χ2v) is 7.82. The predicted molar refractivity (Wildman–Crippen MR) is 124 cm³/mol. The van der Waals surface area contributed by atoms with Crippen molar-refractivity contribution in [3.8, 4) is 0 Å². The summed E-state index contributed by atoms with van der Waals surface area (Å²) in [4.78, 5) is 12.3. The van der Waals surface area contributed by atoms with Crippen molar-refractivity contribution in [1.29, 1.82) is 0 Å². The van der Waals surface area contributed by atoms with Gasteiger partial charge in [0.2, 0.25) is 0 Å². The van der Waals surface area contributed by atoms with Gasteiger partial charge in [-0.25, -0.2) is 9.82 Å². The molecule has 5 aromatic rings. The maximum absolute atomic E-state index is 13.5. The lowest BCUT2D eigenvalue weighted by molar-refractivity contribution is 0.0929. The Morgan fingerprint density at radius 2 is 1.97 bits per heavy atom. The number of amides is 1. The molecule has 5 rings (SSSR count). The van der Waals surface area contributed by atoms with Crippen molar-refractivity contribution in [3.63, 3.8) is 0 Å². The first-order valence-corrected chi connectivity index (χ1v) is 10.3. The highest BCUT2D eigenvalue weighted by Crippen LogP contribution is 2.23. The molecule has 158 valence electrons. The summed E-state index contributed by atoms with van der Waals surface area (Å²) in [6, 6.07) is 21.2. The quantitative estimate of drug-likeness (QED) is 0.267. The van der Waals surface area contributed by atoms with E-state index in [1.165, 1.54) is 12.1 Å². The van der Waals surface area contributed by atoms with Crippen LogP contribution in [0.1, 0.15) is 21.7 Å². The number of halogens is 2. The van der Waals surface area contributed by atoms with Gasteiger partial charge in [0.1, 0.15) is 11.4 Å². The van der Waals surface area contributed by atoms with Crippen molar-refractivity contribution in [2.75, 3.05) is 0 Å². The number of carbonyl (C=O) groups is 1. The zero-order valence-electron chi connectivity index (χ0n) is 16.8. The lowest BCUT2D eigenvalue weighted by Crippen LogP contribution is -2.16. The summed E-state index contributed by atoms with van der Waals surface area (Å²) in [5.74, 6) is -0.536. The Kier molecular flexibility index (Phi) is 5.21. The Hall–Kier alpha value is -3.90. The number of carbonyl (C=O) groups excluding carboxylic acids is 1. The minimum atomic E-state index is -0.448. The van der Waals surface area contributed by atoms with Gasteiger partial charge in [-0.05, 0) is 65.7 Å². The third-order valence-corrected chi connectivity index (χ3v) is 5.35. The molecule has 0 saturated heterocycles. The van der Waals surface area contributed by atoms with Crippen LogP contribution in [0.4, 0.5) is 4.39 Å². The van der Waals surface area contributed by atoms with Crippen molar-refractivity contribution in [1.82, 2.24) is 9.99 Å². The van der Waals surface area contributed by atoms with Crippen molar-refractivity contribution < 1.29 is 13.6 Å². The van der Waals surface area contributed by atoms with Gasteiger partial charge < -0.3 is 8.98 Å². The summed E-state index contributed by atoms with van der Waals surface area (Å²) in [6.45, 7) is 0.577. The lowest BCUT2D eigenvalue weighted by Gasteiger charge is -2.06. The second-order valence-electron chi connectivity index (χ2n) is 7.38. The number of nitrogens with one attached hydrogen (secondary N) is 1. The summed E-state index contributed by atoms with van der Waals surface area (Å²) in [5, 5.41) is 6.38. The van der Waals surface area contributed by atoms with Gasteiger partial charge in [-0.2, -0.15) is 5.10 Å². The van der Waals surface area contributed by atoms with E-state index in [1.807, 2.05) is 36.5 Å². The van der Waals surface area contributed by atoms with E-state index < -0.39 is 5.91 Å². The Morgan fingerprint density at radius 1 is 1.06 bits per heavy atom. The van der Waals surface area contributed by atoms with Crippen LogP contribution in [0.25, 0.3) is 21.9 Å². The van der Waals surface area contributed by atoms with E-state index >= 15 is 0 Å². The highest BCUT2D eigenvalue weighted by molar-refractivity contribution is 6.31. The number of hydrogen-bond donors (Lipinski definition) is 1. The highest BCUT2D eigenvalue weighted by atomic mass is 35.5. The van der Waals surface area contributed by atoms with E-state index in [4.69, 9.17) is 16.0 Å². The summed E-state index contributed by atoms with van der Waals surface area (Å²) >= 11 is 5.97. The summed E-state index contributed by atoms with van der Waals surface area (Å²) < 4.78 is 21.0. The normalized spacial score (nSPS) is 11.6. The molecule has 0 fully saturated rings. The fourth-order valence-corrected chi connectivity index (χ4v) is 3.80. The van der Waals surface area contributed by atoms with Gasteiger partial charge >= 0.3 is 5.91 Å². The van der Waals surface area contributed by atoms with Crippen LogP contribution in [0.3, 0.4) is 0 Å². The Labute approximate surface area is 187 Å². The average Bonchev–Trinajstić information content (AvgIpc) is 3.37. The molecule has 0 atom stereocenters. The number of hydrazone groups is 1. The molecule has 1 amide bonds. The number of aromatic nitrogens is 1. The molecule has 7 heteroatoms. The monoisotopic (exact) mass is 445 g/mol. The standard InChI is InChI=1S/C25H17ClFN3O2/c26-20-5-7-23-19(12-20)13-24(32-23)25(31)29-28-14-16-4-6-22-18(10-16)8-9-30(22)15-17-2-1-3-21(27)11-17/h1-14H,15H2,(H,29,31)/b28-14+. The molecular weight excluding hydrogens is 429 g/mol. The summed E-state index contributed by atoms with van der Waals surface area (Å²) in [5.41, 5.74) is 5.81. The molecule has 2 heterocycles. The third kappa shape index (κ3) is 4.13. The number of hydrogen-bond acceptors (Lipinski definition) is 3. The fraction of sp³-hybridized carbons (Fsp3) is 0.0400. The largest absolute Gasteiger partial charge is 0.451 e. The smallest absolute Gasteiger partial charge is 0.307 e. The van der Waals surface area contributed by atoms with Gasteiger partial charge in [0.15, 0.2) is 5.76 Å². The molecule has 0 aliphatic heterocycles. The van der Waals surface area contributed by atoms with Gasteiger partial charge in [-0.15, -0.1) is 0 Å². The number of furan rings is 1. The van der Waals surface area contributed by atoms with Crippen LogP contribution in [0.2, 0.25) is 5.02 Å². The SMILES string of the molecule is O=C(N/N=C/c1ccc2c(ccn2Cc2cccc(F)c2)c1)c1cc2cc(Cl)ccc2o1. The number of benzene rings is 3. The van der Waals surface area contributed by atoms with Crippen molar-refractivity contribution in [2.24, 2.45) is 5.10 Å². The first-order valence-electron chi connectivity index (χ1n) is 9.91. The molecule has 0 bridgehead atoms. The van der Waals surface area contributed by atoms with E-state index in [-0.39, 0.29) is 11.6 Å². The van der Waals surface area contributed by atoms with Crippen LogP contribution < -0.4 is 5.43 Å². The predicted octanol–water partition coefficient (Wildman–Crippen LogP) is 5.99. The maximum Gasteiger partial charge on any atom is 0.307 e. The molecule has 0 aliphatic rings. The van der Waals surface area contributed by atoms with E-state index in [1.54, 1.807) is 36.5 Å². The van der Waals surface area contributed by atoms with Gasteiger partial charge in [0.25, 0.3) is 0 Å². The van der Waals surface area contributed by atoms with Gasteiger partial charge in [-0.3, -0.25) is 4.79 Å². The van der Waals surface area contributed by atoms with Crippen LogP contribution in [-0.2, 0) is 6.54 Å². The molecule has 1 N–H and O–H groups in total. The fourth-order valence-electron chi connectivity index (χ4n) is 3.62. The van der Waals surface area contributed by atoms with Crippen molar-refractivity contribution in [3.05, 3.63) is 107 Å². The van der Waals surface area contributed by atoms with E-state index in [9.17, 15) is 9.18 Å². The summed E-state index contributed by atoms with van der Waals surface area (Å²) in [7, 11) is 0. The van der Waals surface area contributed by atoms with Gasteiger partial charge in [-0.1, -0.05) is 29.8 Å². The zero-order chi connectivity index (χ0) is 22.1. The van der Waals surface area contributed by atoms with Crippen LogP contribution in [0, 0.1) is 5.82 Å². The average molecular weight is 446 g/mol. The molecule has 2 aromatic heterocycles. The molecule has 0 saturated carbocycles. The third-order valence-electron chi connectivity index (χ3n) is 5.12. The van der Waals surface area contributed by atoms with Crippen molar-refractivity contribution >= 4 is 45.6 Å². The first kappa shape index (κ1) is 20.0.